The van der Waals surface area contributed by atoms with E-state index in [4.69, 9.17) is 11.6 Å². The monoisotopic (exact) mass is 420 g/mol. The first kappa shape index (κ1) is 19.8. The van der Waals surface area contributed by atoms with Crippen LogP contribution in [0.15, 0.2) is 23.7 Å². The number of nitro benzene ring substituents is 1. The van der Waals surface area contributed by atoms with Crippen LogP contribution in [0.4, 0.5) is 24.5 Å². The lowest BCUT2D eigenvalue weighted by Crippen LogP contribution is -2.47. The smallest absolute Gasteiger partial charge is 0.363 e. The summed E-state index contributed by atoms with van der Waals surface area (Å²) >= 11 is 7.32. The van der Waals surface area contributed by atoms with Gasteiger partial charge >= 0.3 is 6.18 Å². The van der Waals surface area contributed by atoms with Crippen LogP contribution < -0.4 is 4.90 Å². The molecule has 1 fully saturated rings. The zero-order chi connectivity index (χ0) is 19.8. The molecule has 1 aliphatic rings. The maximum absolute atomic E-state index is 13.0. The molecule has 2 aromatic rings. The van der Waals surface area contributed by atoms with Crippen LogP contribution in [0.5, 0.6) is 0 Å². The fourth-order valence-electron chi connectivity index (χ4n) is 3.12. The summed E-state index contributed by atoms with van der Waals surface area (Å²) in [6.07, 6.45) is -3.01. The van der Waals surface area contributed by atoms with Crippen molar-refractivity contribution in [2.75, 3.05) is 31.1 Å². The Labute approximate surface area is 162 Å². The van der Waals surface area contributed by atoms with E-state index in [1.165, 1.54) is 0 Å². The van der Waals surface area contributed by atoms with Gasteiger partial charge in [0.05, 0.1) is 21.6 Å². The van der Waals surface area contributed by atoms with Gasteiger partial charge in [-0.1, -0.05) is 11.6 Å². The first-order valence-corrected chi connectivity index (χ1v) is 9.37. The van der Waals surface area contributed by atoms with E-state index >= 15 is 0 Å². The predicted molar refractivity (Wildman–Crippen MR) is 97.4 cm³/mol. The van der Waals surface area contributed by atoms with Gasteiger partial charge in [0.15, 0.2) is 0 Å². The number of anilines is 1. The molecule has 0 saturated carbocycles. The lowest BCUT2D eigenvalue weighted by Gasteiger charge is -2.38. The van der Waals surface area contributed by atoms with Crippen molar-refractivity contribution in [1.29, 1.82) is 0 Å². The Morgan fingerprint density at radius 3 is 2.48 bits per heavy atom. The maximum atomic E-state index is 13.0. The second kappa shape index (κ2) is 7.61. The maximum Gasteiger partial charge on any atom is 0.418 e. The van der Waals surface area contributed by atoms with Crippen molar-refractivity contribution in [3.8, 4) is 0 Å². The van der Waals surface area contributed by atoms with Crippen LogP contribution in [0, 0.1) is 10.1 Å². The second-order valence-electron chi connectivity index (χ2n) is 6.14. The molecule has 27 heavy (non-hydrogen) atoms. The Bertz CT molecular complexity index is 824. The molecule has 1 atom stereocenters. The molecule has 146 valence electrons. The van der Waals surface area contributed by atoms with Crippen LogP contribution in [0.3, 0.4) is 0 Å². The van der Waals surface area contributed by atoms with E-state index in [0.717, 1.165) is 11.1 Å². The zero-order valence-corrected chi connectivity index (χ0v) is 15.8. The highest BCUT2D eigenvalue weighted by Crippen LogP contribution is 2.41. The first-order valence-electron chi connectivity index (χ1n) is 8.12. The summed E-state index contributed by atoms with van der Waals surface area (Å²) in [5, 5.41) is 13.7. The zero-order valence-electron chi connectivity index (χ0n) is 14.2. The molecule has 2 heterocycles. The highest BCUT2D eigenvalue weighted by Gasteiger charge is 2.37. The fourth-order valence-corrected chi connectivity index (χ4v) is 4.11. The molecule has 1 aromatic carbocycles. The molecule has 0 aliphatic carbocycles. The number of benzene rings is 1. The highest BCUT2D eigenvalue weighted by molar-refractivity contribution is 7.09. The summed E-state index contributed by atoms with van der Waals surface area (Å²) in [4.78, 5) is 18.7. The Balaban J connectivity index is 1.81. The average Bonchev–Trinajstić information content (AvgIpc) is 3.14. The van der Waals surface area contributed by atoms with E-state index in [1.807, 2.05) is 12.3 Å². The molecule has 1 aromatic heterocycles. The molecule has 0 bridgehead atoms. The van der Waals surface area contributed by atoms with Gasteiger partial charge in [-0.25, -0.2) is 4.98 Å². The number of halogens is 4. The minimum atomic E-state index is -4.75. The van der Waals surface area contributed by atoms with E-state index in [-0.39, 0.29) is 11.7 Å². The molecule has 0 amide bonds. The van der Waals surface area contributed by atoms with Crippen molar-refractivity contribution in [2.24, 2.45) is 0 Å². The van der Waals surface area contributed by atoms with E-state index in [1.54, 1.807) is 22.4 Å². The minimum Gasteiger partial charge on any atom is -0.363 e. The van der Waals surface area contributed by atoms with Crippen molar-refractivity contribution in [3.05, 3.63) is 49.4 Å². The van der Waals surface area contributed by atoms with Crippen LogP contribution in [-0.2, 0) is 6.18 Å². The number of hydrogen-bond donors (Lipinski definition) is 0. The quantitative estimate of drug-likeness (QED) is 0.534. The van der Waals surface area contributed by atoms with Crippen LogP contribution in [0.1, 0.15) is 23.5 Å². The van der Waals surface area contributed by atoms with Crippen molar-refractivity contribution in [1.82, 2.24) is 9.88 Å². The van der Waals surface area contributed by atoms with Gasteiger partial charge in [0.1, 0.15) is 10.7 Å². The summed E-state index contributed by atoms with van der Waals surface area (Å²) in [6, 6.07) is 1.67. The number of alkyl halides is 3. The third kappa shape index (κ3) is 4.17. The Morgan fingerprint density at radius 1 is 1.30 bits per heavy atom. The summed E-state index contributed by atoms with van der Waals surface area (Å²) < 4.78 is 39.0. The van der Waals surface area contributed by atoms with Crippen molar-refractivity contribution < 1.29 is 18.1 Å². The molecule has 11 heteroatoms. The Hall–Kier alpha value is -1.91. The van der Waals surface area contributed by atoms with Crippen molar-refractivity contribution in [2.45, 2.75) is 19.1 Å². The van der Waals surface area contributed by atoms with Crippen molar-refractivity contribution in [3.63, 3.8) is 0 Å². The van der Waals surface area contributed by atoms with Crippen LogP contribution in [0.2, 0.25) is 5.02 Å². The molecule has 1 saturated heterocycles. The number of nitro groups is 1. The lowest BCUT2D eigenvalue weighted by molar-refractivity contribution is -0.384. The van der Waals surface area contributed by atoms with Gasteiger partial charge in [0.2, 0.25) is 0 Å². The molecule has 0 radical (unpaired) electrons. The number of nitrogens with zero attached hydrogens (tertiary/aromatic N) is 4. The number of hydrogen-bond acceptors (Lipinski definition) is 6. The lowest BCUT2D eigenvalue weighted by atomic mass is 10.1. The van der Waals surface area contributed by atoms with Crippen molar-refractivity contribution >= 4 is 34.3 Å². The highest BCUT2D eigenvalue weighted by atomic mass is 35.5. The number of piperazine rings is 1. The fraction of sp³-hybridized carbons (Fsp3) is 0.438. The molecule has 0 spiro atoms. The van der Waals surface area contributed by atoms with Gasteiger partial charge in [-0.05, 0) is 13.0 Å². The van der Waals surface area contributed by atoms with E-state index in [2.05, 4.69) is 9.88 Å². The summed E-state index contributed by atoms with van der Waals surface area (Å²) in [6.45, 7) is 4.13. The van der Waals surface area contributed by atoms with Crippen LogP contribution in [-0.4, -0.2) is 41.0 Å². The minimum absolute atomic E-state index is 0.110. The second-order valence-corrected chi connectivity index (χ2v) is 7.48. The third-order valence-corrected chi connectivity index (χ3v) is 5.84. The van der Waals surface area contributed by atoms with Gasteiger partial charge in [-0.15, -0.1) is 11.3 Å². The van der Waals surface area contributed by atoms with Gasteiger partial charge in [0, 0.05) is 43.8 Å². The molecule has 0 N–H and O–H groups in total. The van der Waals surface area contributed by atoms with E-state index in [0.29, 0.717) is 32.2 Å². The van der Waals surface area contributed by atoms with E-state index < -0.39 is 27.4 Å². The third-order valence-electron chi connectivity index (χ3n) is 4.58. The number of aromatic nitrogens is 1. The average molecular weight is 421 g/mol. The van der Waals surface area contributed by atoms with E-state index in [9.17, 15) is 23.3 Å². The largest absolute Gasteiger partial charge is 0.418 e. The number of rotatable bonds is 4. The summed E-state index contributed by atoms with van der Waals surface area (Å²) in [5.74, 6) is 0. The van der Waals surface area contributed by atoms with Crippen LogP contribution in [0.25, 0.3) is 0 Å². The molecule has 1 unspecified atom stereocenters. The first-order chi connectivity index (χ1) is 12.7. The molecule has 1 aliphatic heterocycles. The Morgan fingerprint density at radius 2 is 1.96 bits per heavy atom. The molecule has 3 rings (SSSR count). The van der Waals surface area contributed by atoms with Crippen LogP contribution >= 0.6 is 22.9 Å². The Kier molecular flexibility index (Phi) is 5.59. The summed E-state index contributed by atoms with van der Waals surface area (Å²) in [5.41, 5.74) is -1.68. The van der Waals surface area contributed by atoms with Gasteiger partial charge in [-0.3, -0.25) is 15.0 Å². The van der Waals surface area contributed by atoms with Gasteiger partial charge < -0.3 is 4.90 Å². The SMILES string of the molecule is CC(c1nccs1)N1CCN(c2cc(Cl)c(C(F)(F)F)cc2[N+](=O)[O-])CC1. The van der Waals surface area contributed by atoms with Gasteiger partial charge in [-0.2, -0.15) is 13.2 Å². The molecular weight excluding hydrogens is 405 g/mol. The number of thiazole rings is 1. The standard InChI is InChI=1S/C16H16ClF3N4O2S/c1-10(15-21-2-7-27-15)22-3-5-23(6-4-22)13-9-12(17)11(16(18,19)20)8-14(13)24(25)26/h2,7-10H,3-6H2,1H3. The summed E-state index contributed by atoms with van der Waals surface area (Å²) in [7, 11) is 0. The topological polar surface area (TPSA) is 62.5 Å². The predicted octanol–water partition coefficient (Wildman–Crippen LogP) is 4.61. The van der Waals surface area contributed by atoms with Gasteiger partial charge in [0.25, 0.3) is 5.69 Å². The molecular formula is C16H16ClF3N4O2S. The normalized spacial score (nSPS) is 17.1. The molecule has 6 nitrogen and oxygen atoms in total.